The maximum Gasteiger partial charge on any atom is 0.169 e. The van der Waals surface area contributed by atoms with Crippen LogP contribution in [0.3, 0.4) is 0 Å². The molecule has 78 valence electrons. The number of likely N-dealkylation sites (tertiary alicyclic amines) is 1. The molecule has 1 saturated heterocycles. The van der Waals surface area contributed by atoms with E-state index in [9.17, 15) is 5.11 Å². The molecule has 0 aromatic carbocycles. The number of aliphatic hydroxyl groups is 1. The number of hydrogen-bond donors (Lipinski definition) is 1. The molecular weight excluding hydrogens is 170 g/mol. The van der Waals surface area contributed by atoms with E-state index in [1.165, 1.54) is 0 Å². The molecule has 1 unspecified atom stereocenters. The van der Waals surface area contributed by atoms with Gasteiger partial charge in [0.05, 0.1) is 5.60 Å². The summed E-state index contributed by atoms with van der Waals surface area (Å²) in [6, 6.07) is 0. The Balaban J connectivity index is 2.31. The van der Waals surface area contributed by atoms with Crippen molar-refractivity contribution in [1.29, 1.82) is 0 Å². The molecule has 1 rings (SSSR count). The Labute approximate surface area is 79.4 Å². The van der Waals surface area contributed by atoms with E-state index in [0.29, 0.717) is 6.54 Å². The predicted octanol–water partition coefficient (Wildman–Crippen LogP) is 0.0620. The zero-order chi connectivity index (χ0) is 9.90. The minimum Gasteiger partial charge on any atom is -0.389 e. The highest BCUT2D eigenvalue weighted by molar-refractivity contribution is 4.85. The Kier molecular flexibility index (Phi) is 3.67. The van der Waals surface area contributed by atoms with Crippen LogP contribution >= 0.6 is 0 Å². The van der Waals surface area contributed by atoms with Crippen LogP contribution in [0.5, 0.6) is 0 Å². The van der Waals surface area contributed by atoms with Crippen molar-refractivity contribution in [2.75, 3.05) is 33.9 Å². The van der Waals surface area contributed by atoms with Gasteiger partial charge in [0, 0.05) is 33.9 Å². The fourth-order valence-electron chi connectivity index (χ4n) is 1.65. The molecular formula is C9H19NO3. The van der Waals surface area contributed by atoms with Crippen molar-refractivity contribution in [3.63, 3.8) is 0 Å². The van der Waals surface area contributed by atoms with Crippen LogP contribution in [0.4, 0.5) is 0 Å². The number of ether oxygens (including phenoxy) is 2. The minimum absolute atomic E-state index is 0.186. The van der Waals surface area contributed by atoms with E-state index in [1.54, 1.807) is 14.2 Å². The second kappa shape index (κ2) is 4.37. The first-order chi connectivity index (χ1) is 6.07. The average Bonchev–Trinajstić information content (AvgIpc) is 2.41. The fourth-order valence-corrected chi connectivity index (χ4v) is 1.65. The standard InChI is InChI=1S/C9H19NO3/c1-9(11)4-5-10(7-9)6-8(12-2)13-3/h8,11H,4-7H2,1-3H3. The molecule has 1 aliphatic heterocycles. The van der Waals surface area contributed by atoms with Gasteiger partial charge < -0.3 is 14.6 Å². The minimum atomic E-state index is -0.536. The molecule has 0 aliphatic carbocycles. The Hall–Kier alpha value is -0.160. The molecule has 13 heavy (non-hydrogen) atoms. The van der Waals surface area contributed by atoms with E-state index in [2.05, 4.69) is 4.90 Å². The van der Waals surface area contributed by atoms with Crippen LogP contribution in [0.25, 0.3) is 0 Å². The second-order valence-electron chi connectivity index (χ2n) is 3.88. The van der Waals surface area contributed by atoms with Crippen LogP contribution in [0, 0.1) is 0 Å². The molecule has 0 aromatic rings. The molecule has 0 saturated carbocycles. The number of β-amino-alcohol motifs (C(OH)–C–C–N with tert-alkyl or cyclic N) is 1. The van der Waals surface area contributed by atoms with Gasteiger partial charge in [0.25, 0.3) is 0 Å². The van der Waals surface area contributed by atoms with E-state index in [1.807, 2.05) is 6.92 Å². The van der Waals surface area contributed by atoms with Crippen LogP contribution in [-0.2, 0) is 9.47 Å². The van der Waals surface area contributed by atoms with Gasteiger partial charge in [0.1, 0.15) is 0 Å². The molecule has 0 bridgehead atoms. The van der Waals surface area contributed by atoms with Crippen molar-refractivity contribution in [2.45, 2.75) is 25.2 Å². The first-order valence-electron chi connectivity index (χ1n) is 4.58. The molecule has 0 radical (unpaired) electrons. The smallest absolute Gasteiger partial charge is 0.169 e. The highest BCUT2D eigenvalue weighted by atomic mass is 16.7. The summed E-state index contributed by atoms with van der Waals surface area (Å²) in [6.45, 7) is 4.21. The van der Waals surface area contributed by atoms with Crippen LogP contribution in [0.2, 0.25) is 0 Å². The first kappa shape index (κ1) is 10.9. The van der Waals surface area contributed by atoms with E-state index >= 15 is 0 Å². The topological polar surface area (TPSA) is 41.9 Å². The lowest BCUT2D eigenvalue weighted by molar-refractivity contribution is -0.115. The summed E-state index contributed by atoms with van der Waals surface area (Å²) in [4.78, 5) is 2.15. The molecule has 0 spiro atoms. The second-order valence-corrected chi connectivity index (χ2v) is 3.88. The van der Waals surface area contributed by atoms with Crippen LogP contribution in [0.1, 0.15) is 13.3 Å². The SMILES string of the molecule is COC(CN1CCC(C)(O)C1)OC. The van der Waals surface area contributed by atoms with Crippen LogP contribution < -0.4 is 0 Å². The van der Waals surface area contributed by atoms with Gasteiger partial charge in [0.15, 0.2) is 6.29 Å². The molecule has 0 aromatic heterocycles. The molecule has 4 heteroatoms. The predicted molar refractivity (Wildman–Crippen MR) is 49.5 cm³/mol. The van der Waals surface area contributed by atoms with Gasteiger partial charge in [-0.1, -0.05) is 0 Å². The lowest BCUT2D eigenvalue weighted by atomic mass is 10.1. The normalized spacial score (nSPS) is 30.2. The first-order valence-corrected chi connectivity index (χ1v) is 4.58. The van der Waals surface area contributed by atoms with Crippen molar-refractivity contribution in [2.24, 2.45) is 0 Å². The summed E-state index contributed by atoms with van der Waals surface area (Å²) >= 11 is 0. The van der Waals surface area contributed by atoms with Crippen molar-refractivity contribution < 1.29 is 14.6 Å². The maximum absolute atomic E-state index is 9.70. The number of methoxy groups -OCH3 is 2. The quantitative estimate of drug-likeness (QED) is 0.635. The van der Waals surface area contributed by atoms with Crippen molar-refractivity contribution in [1.82, 2.24) is 4.90 Å². The molecule has 1 atom stereocenters. The Morgan fingerprint density at radius 2 is 2.08 bits per heavy atom. The maximum atomic E-state index is 9.70. The van der Waals surface area contributed by atoms with Gasteiger partial charge in [-0.3, -0.25) is 4.90 Å². The molecule has 1 aliphatic rings. The van der Waals surface area contributed by atoms with Gasteiger partial charge in [-0.2, -0.15) is 0 Å². The number of nitrogens with zero attached hydrogens (tertiary/aromatic N) is 1. The highest BCUT2D eigenvalue weighted by Gasteiger charge is 2.32. The summed E-state index contributed by atoms with van der Waals surface area (Å²) < 4.78 is 10.2. The van der Waals surface area contributed by atoms with Gasteiger partial charge in [0.2, 0.25) is 0 Å². The third kappa shape index (κ3) is 3.23. The Morgan fingerprint density at radius 1 is 1.46 bits per heavy atom. The monoisotopic (exact) mass is 189 g/mol. The molecule has 1 fully saturated rings. The molecule has 4 nitrogen and oxygen atoms in total. The molecule has 0 amide bonds. The third-order valence-corrected chi connectivity index (χ3v) is 2.46. The van der Waals surface area contributed by atoms with Gasteiger partial charge >= 0.3 is 0 Å². The summed E-state index contributed by atoms with van der Waals surface area (Å²) in [5.41, 5.74) is -0.536. The number of rotatable bonds is 4. The summed E-state index contributed by atoms with van der Waals surface area (Å²) in [6.07, 6.45) is 0.640. The number of hydrogen-bond acceptors (Lipinski definition) is 4. The van der Waals surface area contributed by atoms with Crippen molar-refractivity contribution in [3.8, 4) is 0 Å². The van der Waals surface area contributed by atoms with E-state index in [0.717, 1.165) is 19.5 Å². The Morgan fingerprint density at radius 3 is 2.46 bits per heavy atom. The van der Waals surface area contributed by atoms with E-state index in [4.69, 9.17) is 9.47 Å². The Bertz CT molecular complexity index is 157. The van der Waals surface area contributed by atoms with Crippen molar-refractivity contribution >= 4 is 0 Å². The molecule has 1 heterocycles. The van der Waals surface area contributed by atoms with Gasteiger partial charge in [-0.05, 0) is 13.3 Å². The van der Waals surface area contributed by atoms with Crippen LogP contribution in [-0.4, -0.2) is 55.8 Å². The summed E-state index contributed by atoms with van der Waals surface area (Å²) in [5.74, 6) is 0. The lowest BCUT2D eigenvalue weighted by Crippen LogP contribution is -2.36. The summed E-state index contributed by atoms with van der Waals surface area (Å²) in [7, 11) is 3.25. The van der Waals surface area contributed by atoms with E-state index < -0.39 is 5.60 Å². The van der Waals surface area contributed by atoms with Crippen molar-refractivity contribution in [3.05, 3.63) is 0 Å². The largest absolute Gasteiger partial charge is 0.389 e. The van der Waals surface area contributed by atoms with Gasteiger partial charge in [-0.25, -0.2) is 0 Å². The third-order valence-electron chi connectivity index (χ3n) is 2.46. The van der Waals surface area contributed by atoms with Crippen LogP contribution in [0.15, 0.2) is 0 Å². The van der Waals surface area contributed by atoms with E-state index in [-0.39, 0.29) is 6.29 Å². The average molecular weight is 189 g/mol. The zero-order valence-electron chi connectivity index (χ0n) is 8.62. The fraction of sp³-hybridized carbons (Fsp3) is 1.00. The highest BCUT2D eigenvalue weighted by Crippen LogP contribution is 2.20. The summed E-state index contributed by atoms with van der Waals surface area (Å²) in [5, 5.41) is 9.70. The zero-order valence-corrected chi connectivity index (χ0v) is 8.62. The molecule has 1 N–H and O–H groups in total. The van der Waals surface area contributed by atoms with Gasteiger partial charge in [-0.15, -0.1) is 0 Å². The lowest BCUT2D eigenvalue weighted by Gasteiger charge is -2.22.